The molecule has 0 aromatic carbocycles. The molecule has 0 radical (unpaired) electrons. The third-order valence-electron chi connectivity index (χ3n) is 3.49. The highest BCUT2D eigenvalue weighted by Gasteiger charge is 2.23. The minimum absolute atomic E-state index is 0.111. The van der Waals surface area contributed by atoms with Crippen LogP contribution in [0.15, 0.2) is 12.3 Å². The number of nitrogens with zero attached hydrogens (tertiary/aromatic N) is 3. The van der Waals surface area contributed by atoms with Crippen LogP contribution in [-0.4, -0.2) is 52.1 Å². The van der Waals surface area contributed by atoms with Crippen molar-refractivity contribution in [2.75, 3.05) is 25.5 Å². The Hall–Kier alpha value is -2.22. The highest BCUT2D eigenvalue weighted by molar-refractivity contribution is 5.88. The Morgan fingerprint density at radius 3 is 3.00 bits per heavy atom. The molecule has 1 aromatic rings. The van der Waals surface area contributed by atoms with Crippen molar-refractivity contribution >= 4 is 17.5 Å². The van der Waals surface area contributed by atoms with Crippen LogP contribution in [0.25, 0.3) is 0 Å². The summed E-state index contributed by atoms with van der Waals surface area (Å²) >= 11 is 0. The van der Waals surface area contributed by atoms with Crippen molar-refractivity contribution in [3.63, 3.8) is 0 Å². The molecule has 1 saturated heterocycles. The Kier molecular flexibility index (Phi) is 4.14. The number of carboxylic acids is 1. The molecular weight excluding hydrogens is 264 g/mol. The lowest BCUT2D eigenvalue weighted by atomic mass is 10.2. The SMILES string of the molecule is CN1CCCC1CNc1ncc(C(=O)O)cc1[N+](=O)[O-]. The monoisotopic (exact) mass is 280 g/mol. The van der Waals surface area contributed by atoms with Crippen molar-refractivity contribution in [3.8, 4) is 0 Å². The van der Waals surface area contributed by atoms with E-state index in [9.17, 15) is 14.9 Å². The molecule has 0 spiro atoms. The van der Waals surface area contributed by atoms with Crippen molar-refractivity contribution in [2.45, 2.75) is 18.9 Å². The minimum Gasteiger partial charge on any atom is -0.478 e. The predicted molar refractivity (Wildman–Crippen MR) is 72.0 cm³/mol. The molecule has 2 heterocycles. The molecule has 1 aliphatic heterocycles. The lowest BCUT2D eigenvalue weighted by molar-refractivity contribution is -0.384. The van der Waals surface area contributed by atoms with E-state index in [1.54, 1.807) is 0 Å². The second-order valence-corrected chi connectivity index (χ2v) is 4.81. The predicted octanol–water partition coefficient (Wildman–Crippen LogP) is 1.19. The molecule has 1 unspecified atom stereocenters. The van der Waals surface area contributed by atoms with Gasteiger partial charge in [0.15, 0.2) is 0 Å². The number of nitro groups is 1. The van der Waals surface area contributed by atoms with Crippen molar-refractivity contribution in [1.29, 1.82) is 0 Å². The summed E-state index contributed by atoms with van der Waals surface area (Å²) in [7, 11) is 2.01. The zero-order chi connectivity index (χ0) is 14.7. The lowest BCUT2D eigenvalue weighted by Crippen LogP contribution is -2.31. The Balaban J connectivity index is 2.14. The van der Waals surface area contributed by atoms with Gasteiger partial charge in [-0.3, -0.25) is 10.1 Å². The van der Waals surface area contributed by atoms with Crippen molar-refractivity contribution in [3.05, 3.63) is 27.9 Å². The van der Waals surface area contributed by atoms with E-state index >= 15 is 0 Å². The molecular formula is C12H16N4O4. The van der Waals surface area contributed by atoms with Gasteiger partial charge in [0, 0.05) is 24.8 Å². The summed E-state index contributed by atoms with van der Waals surface area (Å²) in [5, 5.41) is 22.8. The van der Waals surface area contributed by atoms with Crippen molar-refractivity contribution in [1.82, 2.24) is 9.88 Å². The average Bonchev–Trinajstić information content (AvgIpc) is 2.81. The summed E-state index contributed by atoms with van der Waals surface area (Å²) in [6.45, 7) is 1.57. The number of aromatic nitrogens is 1. The number of hydrogen-bond donors (Lipinski definition) is 2. The van der Waals surface area contributed by atoms with Gasteiger partial charge < -0.3 is 15.3 Å². The van der Waals surface area contributed by atoms with Crippen LogP contribution in [0.5, 0.6) is 0 Å². The lowest BCUT2D eigenvalue weighted by Gasteiger charge is -2.19. The maximum atomic E-state index is 11.0. The molecule has 8 heteroatoms. The molecule has 0 aliphatic carbocycles. The van der Waals surface area contributed by atoms with Crippen LogP contribution in [0.3, 0.4) is 0 Å². The first kappa shape index (κ1) is 14.2. The van der Waals surface area contributed by atoms with Crippen molar-refractivity contribution in [2.24, 2.45) is 0 Å². The number of pyridine rings is 1. The Morgan fingerprint density at radius 1 is 1.70 bits per heavy atom. The van der Waals surface area contributed by atoms with Gasteiger partial charge in [0.1, 0.15) is 0 Å². The Bertz CT molecular complexity index is 534. The van der Waals surface area contributed by atoms with Crippen LogP contribution >= 0.6 is 0 Å². The average molecular weight is 280 g/mol. The summed E-state index contributed by atoms with van der Waals surface area (Å²) in [5.74, 6) is -1.12. The van der Waals surface area contributed by atoms with Crippen LogP contribution in [0.2, 0.25) is 0 Å². The highest BCUT2D eigenvalue weighted by Crippen LogP contribution is 2.24. The van der Waals surface area contributed by atoms with Gasteiger partial charge in [-0.05, 0) is 26.4 Å². The summed E-state index contributed by atoms with van der Waals surface area (Å²) in [6.07, 6.45) is 3.26. The molecule has 0 saturated carbocycles. The second kappa shape index (κ2) is 5.83. The van der Waals surface area contributed by atoms with Crippen LogP contribution in [-0.2, 0) is 0 Å². The van der Waals surface area contributed by atoms with E-state index in [0.29, 0.717) is 12.6 Å². The van der Waals surface area contributed by atoms with Crippen LogP contribution in [0.1, 0.15) is 23.2 Å². The molecule has 0 amide bonds. The van der Waals surface area contributed by atoms with Gasteiger partial charge in [0.25, 0.3) is 0 Å². The summed E-state index contributed by atoms with van der Waals surface area (Å²) in [5.41, 5.74) is -0.509. The quantitative estimate of drug-likeness (QED) is 0.616. The fraction of sp³-hybridized carbons (Fsp3) is 0.500. The Morgan fingerprint density at radius 2 is 2.45 bits per heavy atom. The zero-order valence-electron chi connectivity index (χ0n) is 11.1. The number of likely N-dealkylation sites (N-methyl/N-ethyl adjacent to an activating group) is 1. The molecule has 2 N–H and O–H groups in total. The summed E-state index contributed by atoms with van der Waals surface area (Å²) in [6, 6.07) is 1.34. The fourth-order valence-electron chi connectivity index (χ4n) is 2.30. The molecule has 20 heavy (non-hydrogen) atoms. The molecule has 1 fully saturated rings. The van der Waals surface area contributed by atoms with Gasteiger partial charge in [-0.2, -0.15) is 0 Å². The normalized spacial score (nSPS) is 18.9. The van der Waals surface area contributed by atoms with Crippen molar-refractivity contribution < 1.29 is 14.8 Å². The number of rotatable bonds is 5. The Labute approximate surface area is 115 Å². The first-order valence-corrected chi connectivity index (χ1v) is 6.31. The second-order valence-electron chi connectivity index (χ2n) is 4.81. The van der Waals surface area contributed by atoms with E-state index in [1.807, 2.05) is 7.05 Å². The molecule has 108 valence electrons. The van der Waals surface area contributed by atoms with Gasteiger partial charge >= 0.3 is 11.7 Å². The van der Waals surface area contributed by atoms with E-state index in [-0.39, 0.29) is 17.1 Å². The summed E-state index contributed by atoms with van der Waals surface area (Å²) in [4.78, 5) is 27.2. The largest absolute Gasteiger partial charge is 0.478 e. The molecule has 1 atom stereocenters. The fourth-order valence-corrected chi connectivity index (χ4v) is 2.30. The number of carboxylic acid groups (broad SMARTS) is 1. The minimum atomic E-state index is -1.23. The molecule has 1 aliphatic rings. The number of aromatic carboxylic acids is 1. The van der Waals surface area contributed by atoms with E-state index in [4.69, 9.17) is 5.11 Å². The zero-order valence-corrected chi connectivity index (χ0v) is 11.1. The van der Waals surface area contributed by atoms with E-state index < -0.39 is 10.9 Å². The first-order chi connectivity index (χ1) is 9.49. The van der Waals surface area contributed by atoms with Gasteiger partial charge in [-0.25, -0.2) is 9.78 Å². The van der Waals surface area contributed by atoms with E-state index in [2.05, 4.69) is 15.2 Å². The summed E-state index contributed by atoms with van der Waals surface area (Å²) < 4.78 is 0. The molecule has 1 aromatic heterocycles. The van der Waals surface area contributed by atoms with Crippen LogP contribution in [0, 0.1) is 10.1 Å². The number of hydrogen-bond acceptors (Lipinski definition) is 6. The van der Waals surface area contributed by atoms with E-state index in [0.717, 1.165) is 31.6 Å². The van der Waals surface area contributed by atoms with E-state index in [1.165, 1.54) is 0 Å². The third kappa shape index (κ3) is 3.02. The highest BCUT2D eigenvalue weighted by atomic mass is 16.6. The molecule has 8 nitrogen and oxygen atoms in total. The number of anilines is 1. The van der Waals surface area contributed by atoms with Crippen LogP contribution < -0.4 is 5.32 Å². The van der Waals surface area contributed by atoms with Crippen LogP contribution in [0.4, 0.5) is 11.5 Å². The van der Waals surface area contributed by atoms with Gasteiger partial charge in [-0.15, -0.1) is 0 Å². The maximum absolute atomic E-state index is 11.0. The number of nitrogens with one attached hydrogen (secondary N) is 1. The topological polar surface area (TPSA) is 109 Å². The van der Waals surface area contributed by atoms with Gasteiger partial charge in [0.2, 0.25) is 5.82 Å². The first-order valence-electron chi connectivity index (χ1n) is 6.31. The number of carbonyl (C=O) groups is 1. The molecule has 2 rings (SSSR count). The van der Waals surface area contributed by atoms with Gasteiger partial charge in [0.05, 0.1) is 10.5 Å². The maximum Gasteiger partial charge on any atom is 0.337 e. The van der Waals surface area contributed by atoms with Gasteiger partial charge in [-0.1, -0.05) is 0 Å². The number of likely N-dealkylation sites (tertiary alicyclic amines) is 1. The third-order valence-corrected chi connectivity index (χ3v) is 3.49. The standard InChI is InChI=1S/C12H16N4O4/c1-15-4-2-3-9(15)7-14-11-10(16(19)20)5-8(6-13-11)12(17)18/h5-6,9H,2-4,7H2,1H3,(H,13,14)(H,17,18). The molecule has 0 bridgehead atoms. The smallest absolute Gasteiger partial charge is 0.337 e.